The molecule has 0 heterocycles. The Hall–Kier alpha value is -2.13. The van der Waals surface area contributed by atoms with E-state index in [1.165, 1.54) is 24.3 Å². The number of urea groups is 1. The van der Waals surface area contributed by atoms with E-state index in [4.69, 9.17) is 5.14 Å². The molecule has 1 aromatic carbocycles. The van der Waals surface area contributed by atoms with Gasteiger partial charge in [-0.3, -0.25) is 4.79 Å². The SMILES string of the molecule is CCOC(=O)CNC(=O)NCc1ccc(S(N)(=O)=O)cc1. The van der Waals surface area contributed by atoms with Crippen LogP contribution in [0.15, 0.2) is 29.2 Å². The molecule has 4 N–H and O–H groups in total. The number of esters is 1. The van der Waals surface area contributed by atoms with Crippen LogP contribution in [0.3, 0.4) is 0 Å². The Morgan fingerprint density at radius 1 is 1.19 bits per heavy atom. The number of hydrogen-bond donors (Lipinski definition) is 3. The number of primary sulfonamides is 1. The van der Waals surface area contributed by atoms with Crippen LogP contribution in [-0.4, -0.2) is 33.6 Å². The zero-order valence-electron chi connectivity index (χ0n) is 11.5. The molecule has 0 aliphatic rings. The highest BCUT2D eigenvalue weighted by Gasteiger charge is 2.08. The second kappa shape index (κ2) is 7.60. The van der Waals surface area contributed by atoms with Gasteiger partial charge in [-0.2, -0.15) is 0 Å². The largest absolute Gasteiger partial charge is 0.465 e. The molecule has 0 aliphatic carbocycles. The van der Waals surface area contributed by atoms with Gasteiger partial charge in [-0.05, 0) is 24.6 Å². The minimum absolute atomic E-state index is 0.00184. The second-order valence-corrected chi connectivity index (χ2v) is 5.59. The molecule has 0 aromatic heterocycles. The van der Waals surface area contributed by atoms with Crippen molar-refractivity contribution in [2.45, 2.75) is 18.4 Å². The zero-order valence-corrected chi connectivity index (χ0v) is 12.3. The van der Waals surface area contributed by atoms with E-state index in [1.54, 1.807) is 6.92 Å². The van der Waals surface area contributed by atoms with Crippen LogP contribution >= 0.6 is 0 Å². The van der Waals surface area contributed by atoms with E-state index in [0.717, 1.165) is 0 Å². The highest BCUT2D eigenvalue weighted by molar-refractivity contribution is 7.89. The van der Waals surface area contributed by atoms with Crippen molar-refractivity contribution in [2.75, 3.05) is 13.2 Å². The first kappa shape index (κ1) is 16.9. The van der Waals surface area contributed by atoms with Crippen LogP contribution in [0, 0.1) is 0 Å². The van der Waals surface area contributed by atoms with Gasteiger partial charge in [-0.15, -0.1) is 0 Å². The predicted molar refractivity (Wildman–Crippen MR) is 74.7 cm³/mol. The second-order valence-electron chi connectivity index (χ2n) is 4.03. The Labute approximate surface area is 122 Å². The van der Waals surface area contributed by atoms with Gasteiger partial charge in [0.2, 0.25) is 10.0 Å². The van der Waals surface area contributed by atoms with E-state index in [-0.39, 0.29) is 24.6 Å². The fraction of sp³-hybridized carbons (Fsp3) is 0.333. The van der Waals surface area contributed by atoms with Crippen LogP contribution in [0.2, 0.25) is 0 Å². The fourth-order valence-electron chi connectivity index (χ4n) is 1.41. The van der Waals surface area contributed by atoms with Crippen molar-refractivity contribution in [3.8, 4) is 0 Å². The van der Waals surface area contributed by atoms with Crippen molar-refractivity contribution in [1.29, 1.82) is 0 Å². The van der Waals surface area contributed by atoms with Gasteiger partial charge in [0.15, 0.2) is 0 Å². The van der Waals surface area contributed by atoms with Crippen molar-refractivity contribution < 1.29 is 22.7 Å². The molecule has 0 saturated heterocycles. The molecule has 2 amide bonds. The lowest BCUT2D eigenvalue weighted by Gasteiger charge is -2.07. The monoisotopic (exact) mass is 315 g/mol. The summed E-state index contributed by atoms with van der Waals surface area (Å²) in [6, 6.07) is 5.24. The summed E-state index contributed by atoms with van der Waals surface area (Å²) in [7, 11) is -3.73. The molecule has 9 heteroatoms. The molecule has 1 aromatic rings. The molecule has 0 unspecified atom stereocenters. The van der Waals surface area contributed by atoms with Crippen LogP contribution in [0.1, 0.15) is 12.5 Å². The van der Waals surface area contributed by atoms with E-state index in [1.807, 2.05) is 0 Å². The van der Waals surface area contributed by atoms with Gasteiger partial charge in [0.25, 0.3) is 0 Å². The Morgan fingerprint density at radius 3 is 2.33 bits per heavy atom. The Kier molecular flexibility index (Phi) is 6.12. The van der Waals surface area contributed by atoms with Gasteiger partial charge in [-0.25, -0.2) is 18.4 Å². The average molecular weight is 315 g/mol. The summed E-state index contributed by atoms with van der Waals surface area (Å²) < 4.78 is 26.8. The maximum atomic E-state index is 11.4. The molecule has 116 valence electrons. The summed E-state index contributed by atoms with van der Waals surface area (Å²) in [4.78, 5) is 22.4. The topological polar surface area (TPSA) is 128 Å². The van der Waals surface area contributed by atoms with Gasteiger partial charge in [0.1, 0.15) is 6.54 Å². The van der Waals surface area contributed by atoms with Crippen LogP contribution in [0.25, 0.3) is 0 Å². The number of rotatable bonds is 6. The normalized spacial score (nSPS) is 10.8. The van der Waals surface area contributed by atoms with Crippen LogP contribution in [0.4, 0.5) is 4.79 Å². The molecule has 0 atom stereocenters. The Balaban J connectivity index is 2.41. The molecule has 21 heavy (non-hydrogen) atoms. The lowest BCUT2D eigenvalue weighted by Crippen LogP contribution is -2.38. The van der Waals surface area contributed by atoms with Gasteiger partial charge in [-0.1, -0.05) is 12.1 Å². The Bertz CT molecular complexity index is 598. The quantitative estimate of drug-likeness (QED) is 0.621. The molecule has 0 saturated carbocycles. The third-order valence-corrected chi connectivity index (χ3v) is 3.33. The number of hydrogen-bond acceptors (Lipinski definition) is 5. The van der Waals surface area contributed by atoms with E-state index in [0.29, 0.717) is 5.56 Å². The minimum Gasteiger partial charge on any atom is -0.465 e. The van der Waals surface area contributed by atoms with E-state index in [2.05, 4.69) is 15.4 Å². The van der Waals surface area contributed by atoms with Crippen LogP contribution in [0.5, 0.6) is 0 Å². The summed E-state index contributed by atoms with van der Waals surface area (Å²) >= 11 is 0. The number of carbonyl (C=O) groups is 2. The number of nitrogens with two attached hydrogens (primary N) is 1. The summed E-state index contributed by atoms with van der Waals surface area (Å²) in [5.41, 5.74) is 0.689. The number of sulfonamides is 1. The molecule has 0 spiro atoms. The standard InChI is InChI=1S/C12H17N3O5S/c1-2-20-11(16)8-15-12(17)14-7-9-3-5-10(6-4-9)21(13,18)19/h3-6H,2,7-8H2,1H3,(H2,13,18,19)(H2,14,15,17). The highest BCUT2D eigenvalue weighted by Crippen LogP contribution is 2.08. The van der Waals surface area contributed by atoms with E-state index < -0.39 is 22.0 Å². The van der Waals surface area contributed by atoms with Crippen molar-refractivity contribution in [3.05, 3.63) is 29.8 Å². The van der Waals surface area contributed by atoms with Crippen molar-refractivity contribution >= 4 is 22.0 Å². The maximum Gasteiger partial charge on any atom is 0.325 e. The highest BCUT2D eigenvalue weighted by atomic mass is 32.2. The van der Waals surface area contributed by atoms with Crippen LogP contribution < -0.4 is 15.8 Å². The molecule has 1 rings (SSSR count). The molecule has 0 fully saturated rings. The van der Waals surface area contributed by atoms with E-state index in [9.17, 15) is 18.0 Å². The fourth-order valence-corrected chi connectivity index (χ4v) is 1.92. The molecule has 0 bridgehead atoms. The lowest BCUT2D eigenvalue weighted by atomic mass is 10.2. The molecular formula is C12H17N3O5S. The number of nitrogens with one attached hydrogen (secondary N) is 2. The average Bonchev–Trinajstić information content (AvgIpc) is 2.43. The first-order valence-corrected chi connectivity index (χ1v) is 7.66. The van der Waals surface area contributed by atoms with Crippen molar-refractivity contribution in [3.63, 3.8) is 0 Å². The first-order chi connectivity index (χ1) is 9.82. The van der Waals surface area contributed by atoms with Gasteiger partial charge in [0.05, 0.1) is 11.5 Å². The Morgan fingerprint density at radius 2 is 1.81 bits per heavy atom. The molecule has 0 aliphatic heterocycles. The lowest BCUT2D eigenvalue weighted by molar-refractivity contribution is -0.141. The molecule has 0 radical (unpaired) electrons. The third-order valence-electron chi connectivity index (χ3n) is 2.40. The van der Waals surface area contributed by atoms with Crippen molar-refractivity contribution in [2.24, 2.45) is 5.14 Å². The predicted octanol–water partition coefficient (Wildman–Crippen LogP) is -0.304. The zero-order chi connectivity index (χ0) is 15.9. The summed E-state index contributed by atoms with van der Waals surface area (Å²) in [5.74, 6) is -0.523. The van der Waals surface area contributed by atoms with Crippen molar-refractivity contribution in [1.82, 2.24) is 10.6 Å². The summed E-state index contributed by atoms with van der Waals surface area (Å²) in [5, 5.41) is 9.82. The smallest absolute Gasteiger partial charge is 0.325 e. The number of ether oxygens (including phenoxy) is 1. The number of amides is 2. The number of benzene rings is 1. The first-order valence-electron chi connectivity index (χ1n) is 6.12. The van der Waals surface area contributed by atoms with Gasteiger partial charge >= 0.3 is 12.0 Å². The van der Waals surface area contributed by atoms with Gasteiger partial charge < -0.3 is 15.4 Å². The summed E-state index contributed by atoms with van der Waals surface area (Å²) in [6.07, 6.45) is 0. The molecule has 8 nitrogen and oxygen atoms in total. The van der Waals surface area contributed by atoms with Crippen LogP contribution in [-0.2, 0) is 26.1 Å². The number of carbonyl (C=O) groups excluding carboxylic acids is 2. The third kappa shape index (κ3) is 6.23. The van der Waals surface area contributed by atoms with Gasteiger partial charge in [0, 0.05) is 6.54 Å². The summed E-state index contributed by atoms with van der Waals surface area (Å²) in [6.45, 7) is 1.88. The minimum atomic E-state index is -3.73. The molecular weight excluding hydrogens is 298 g/mol. The van der Waals surface area contributed by atoms with E-state index >= 15 is 0 Å². The maximum absolute atomic E-state index is 11.4.